The van der Waals surface area contributed by atoms with Crippen molar-refractivity contribution in [1.29, 1.82) is 0 Å². The number of hydrogen-bond donors (Lipinski definition) is 0. The molecule has 0 aliphatic heterocycles. The highest BCUT2D eigenvalue weighted by Gasteiger charge is 2.18. The van der Waals surface area contributed by atoms with Crippen LogP contribution in [0.5, 0.6) is 11.5 Å². The van der Waals surface area contributed by atoms with Crippen LogP contribution in [0.15, 0.2) is 47.0 Å². The number of methoxy groups -OCH3 is 2. The highest BCUT2D eigenvalue weighted by Crippen LogP contribution is 2.31. The second-order valence-corrected chi connectivity index (χ2v) is 6.22. The molecule has 1 unspecified atom stereocenters. The minimum Gasteiger partial charge on any atom is -0.497 e. The third-order valence-electron chi connectivity index (χ3n) is 4.52. The summed E-state index contributed by atoms with van der Waals surface area (Å²) in [6.07, 6.45) is 0. The van der Waals surface area contributed by atoms with E-state index in [1.807, 2.05) is 26.1 Å². The van der Waals surface area contributed by atoms with Gasteiger partial charge in [0.05, 0.1) is 26.3 Å². The molecule has 1 atom stereocenters. The summed E-state index contributed by atoms with van der Waals surface area (Å²) in [5, 5.41) is 4.06. The smallest absolute Gasteiger partial charge is 0.241 e. The molecule has 0 N–H and O–H groups in total. The van der Waals surface area contributed by atoms with Crippen molar-refractivity contribution in [3.63, 3.8) is 0 Å². The van der Waals surface area contributed by atoms with E-state index in [1.165, 1.54) is 12.1 Å². The van der Waals surface area contributed by atoms with E-state index in [1.54, 1.807) is 32.4 Å². The molecule has 0 saturated heterocycles. The van der Waals surface area contributed by atoms with Gasteiger partial charge in [-0.1, -0.05) is 17.3 Å². The minimum atomic E-state index is -0.247. The minimum absolute atomic E-state index is 0.0662. The molecule has 2 aromatic carbocycles. The number of ether oxygens (including phenoxy) is 2. The van der Waals surface area contributed by atoms with Gasteiger partial charge in [0.25, 0.3) is 0 Å². The van der Waals surface area contributed by atoms with Gasteiger partial charge in [0.15, 0.2) is 0 Å². The van der Waals surface area contributed by atoms with Crippen LogP contribution in [0.4, 0.5) is 4.39 Å². The van der Waals surface area contributed by atoms with Gasteiger partial charge in [-0.2, -0.15) is 4.98 Å². The third-order valence-corrected chi connectivity index (χ3v) is 4.52. The molecule has 0 bridgehead atoms. The van der Waals surface area contributed by atoms with E-state index in [4.69, 9.17) is 14.0 Å². The maximum atomic E-state index is 13.1. The number of hydrogen-bond acceptors (Lipinski definition) is 6. The quantitative estimate of drug-likeness (QED) is 0.624. The molecule has 0 radical (unpaired) electrons. The number of benzene rings is 2. The van der Waals surface area contributed by atoms with Crippen molar-refractivity contribution in [1.82, 2.24) is 15.0 Å². The first-order valence-corrected chi connectivity index (χ1v) is 8.52. The van der Waals surface area contributed by atoms with Crippen LogP contribution in [0, 0.1) is 5.82 Å². The fourth-order valence-corrected chi connectivity index (χ4v) is 2.76. The second-order valence-electron chi connectivity index (χ2n) is 6.22. The van der Waals surface area contributed by atoms with Crippen LogP contribution in [0.2, 0.25) is 0 Å². The molecule has 0 aliphatic carbocycles. The van der Waals surface area contributed by atoms with Gasteiger partial charge >= 0.3 is 0 Å². The van der Waals surface area contributed by atoms with Crippen molar-refractivity contribution >= 4 is 0 Å². The Balaban J connectivity index is 1.75. The lowest BCUT2D eigenvalue weighted by atomic mass is 10.1. The highest BCUT2D eigenvalue weighted by molar-refractivity contribution is 5.65. The fourth-order valence-electron chi connectivity index (χ4n) is 2.76. The average molecular weight is 371 g/mol. The molecular weight excluding hydrogens is 349 g/mol. The molecule has 0 aliphatic rings. The molecule has 0 spiro atoms. The summed E-state index contributed by atoms with van der Waals surface area (Å²) in [7, 11) is 5.13. The molecule has 1 heterocycles. The summed E-state index contributed by atoms with van der Waals surface area (Å²) in [6, 6.07) is 12.0. The molecular formula is C20H22FN3O3. The van der Waals surface area contributed by atoms with Crippen LogP contribution >= 0.6 is 0 Å². The Morgan fingerprint density at radius 3 is 2.52 bits per heavy atom. The van der Waals surface area contributed by atoms with E-state index in [0.29, 0.717) is 29.8 Å². The Labute approximate surface area is 157 Å². The first-order valence-electron chi connectivity index (χ1n) is 8.52. The Morgan fingerprint density at radius 1 is 1.11 bits per heavy atom. The maximum Gasteiger partial charge on any atom is 0.241 e. The highest BCUT2D eigenvalue weighted by atomic mass is 19.1. The first kappa shape index (κ1) is 18.8. The van der Waals surface area contributed by atoms with Crippen molar-refractivity contribution in [2.75, 3.05) is 21.3 Å². The van der Waals surface area contributed by atoms with Gasteiger partial charge in [-0.05, 0) is 43.8 Å². The summed E-state index contributed by atoms with van der Waals surface area (Å²) in [4.78, 5) is 6.53. The summed E-state index contributed by atoms with van der Waals surface area (Å²) in [5.74, 6) is 1.98. The first-order chi connectivity index (χ1) is 13.0. The van der Waals surface area contributed by atoms with E-state index in [2.05, 4.69) is 15.0 Å². The SMILES string of the molecule is COc1ccc(-c2noc(CN(C)C(C)c3ccc(F)cc3)n2)c(OC)c1. The fraction of sp³-hybridized carbons (Fsp3) is 0.300. The van der Waals surface area contributed by atoms with Crippen LogP contribution < -0.4 is 9.47 Å². The van der Waals surface area contributed by atoms with Crippen LogP contribution in [0.25, 0.3) is 11.4 Å². The molecule has 7 heteroatoms. The molecule has 3 aromatic rings. The molecule has 1 aromatic heterocycles. The van der Waals surface area contributed by atoms with Gasteiger partial charge in [-0.25, -0.2) is 4.39 Å². The van der Waals surface area contributed by atoms with E-state index >= 15 is 0 Å². The van der Waals surface area contributed by atoms with Crippen LogP contribution in [-0.4, -0.2) is 36.3 Å². The number of aromatic nitrogens is 2. The van der Waals surface area contributed by atoms with Gasteiger partial charge in [-0.15, -0.1) is 0 Å². The lowest BCUT2D eigenvalue weighted by molar-refractivity contribution is 0.216. The Kier molecular flexibility index (Phi) is 5.71. The summed E-state index contributed by atoms with van der Waals surface area (Å²) in [5.41, 5.74) is 1.73. The Bertz CT molecular complexity index is 896. The van der Waals surface area contributed by atoms with Gasteiger partial charge < -0.3 is 14.0 Å². The zero-order chi connectivity index (χ0) is 19.4. The van der Waals surface area contributed by atoms with Gasteiger partial charge in [0.1, 0.15) is 17.3 Å². The van der Waals surface area contributed by atoms with Crippen molar-refractivity contribution in [3.8, 4) is 22.9 Å². The zero-order valence-corrected chi connectivity index (χ0v) is 15.8. The van der Waals surface area contributed by atoms with Crippen molar-refractivity contribution in [2.24, 2.45) is 0 Å². The number of halogens is 1. The molecule has 0 fully saturated rings. The normalized spacial score (nSPS) is 12.2. The predicted molar refractivity (Wildman–Crippen MR) is 99.1 cm³/mol. The molecule has 0 amide bonds. The van der Waals surface area contributed by atoms with E-state index in [0.717, 1.165) is 11.1 Å². The second kappa shape index (κ2) is 8.18. The molecule has 27 heavy (non-hydrogen) atoms. The van der Waals surface area contributed by atoms with Crippen LogP contribution in [0.3, 0.4) is 0 Å². The molecule has 142 valence electrons. The number of rotatable bonds is 7. The van der Waals surface area contributed by atoms with Crippen LogP contribution in [-0.2, 0) is 6.54 Å². The Hall–Kier alpha value is -2.93. The molecule has 0 saturated carbocycles. The Morgan fingerprint density at radius 2 is 1.85 bits per heavy atom. The van der Waals surface area contributed by atoms with Gasteiger partial charge in [0, 0.05) is 12.1 Å². The summed E-state index contributed by atoms with van der Waals surface area (Å²) in [6.45, 7) is 2.50. The average Bonchev–Trinajstić information content (AvgIpc) is 3.15. The third kappa shape index (κ3) is 4.25. The maximum absolute atomic E-state index is 13.1. The van der Waals surface area contributed by atoms with Gasteiger partial charge in [0.2, 0.25) is 11.7 Å². The van der Waals surface area contributed by atoms with Crippen molar-refractivity contribution in [3.05, 3.63) is 59.7 Å². The largest absolute Gasteiger partial charge is 0.497 e. The topological polar surface area (TPSA) is 60.6 Å². The zero-order valence-electron chi connectivity index (χ0n) is 15.8. The molecule has 6 nitrogen and oxygen atoms in total. The van der Waals surface area contributed by atoms with Crippen molar-refractivity contribution in [2.45, 2.75) is 19.5 Å². The van der Waals surface area contributed by atoms with Crippen LogP contribution in [0.1, 0.15) is 24.4 Å². The lowest BCUT2D eigenvalue weighted by Crippen LogP contribution is -2.22. The predicted octanol–water partition coefficient (Wildman–Crippen LogP) is 4.09. The molecule has 3 rings (SSSR count). The van der Waals surface area contributed by atoms with E-state index in [-0.39, 0.29) is 11.9 Å². The van der Waals surface area contributed by atoms with E-state index in [9.17, 15) is 4.39 Å². The lowest BCUT2D eigenvalue weighted by Gasteiger charge is -2.23. The standard InChI is InChI=1S/C20H22FN3O3/c1-13(14-5-7-15(21)8-6-14)24(2)12-19-22-20(23-27-19)17-10-9-16(25-3)11-18(17)26-4/h5-11,13H,12H2,1-4H3. The van der Waals surface area contributed by atoms with Gasteiger partial charge in [-0.3, -0.25) is 4.90 Å². The van der Waals surface area contributed by atoms with E-state index < -0.39 is 0 Å². The summed E-state index contributed by atoms with van der Waals surface area (Å²) < 4.78 is 29.1. The number of nitrogens with zero attached hydrogens (tertiary/aromatic N) is 3. The summed E-state index contributed by atoms with van der Waals surface area (Å²) >= 11 is 0. The van der Waals surface area contributed by atoms with Crippen molar-refractivity contribution < 1.29 is 18.4 Å². The monoisotopic (exact) mass is 371 g/mol.